The molecule has 1 unspecified atom stereocenters. The van der Waals surface area contributed by atoms with Gasteiger partial charge in [-0.25, -0.2) is 8.78 Å². The minimum Gasteiger partial charge on any atom is -0.346 e. The Hall–Kier alpha value is -2.32. The zero-order valence-electron chi connectivity index (χ0n) is 13.8. The Morgan fingerprint density at radius 3 is 2.52 bits per heavy atom. The van der Waals surface area contributed by atoms with Crippen LogP contribution < -0.4 is 15.5 Å². The number of thiophene rings is 1. The molecule has 0 radical (unpaired) electrons. The third kappa shape index (κ3) is 6.24. The van der Waals surface area contributed by atoms with Crippen LogP contribution in [-0.4, -0.2) is 31.4 Å². The summed E-state index contributed by atoms with van der Waals surface area (Å²) in [6.45, 7) is 3.13. The van der Waals surface area contributed by atoms with Crippen molar-refractivity contribution in [1.82, 2.24) is 5.32 Å². The van der Waals surface area contributed by atoms with E-state index in [1.54, 1.807) is 11.3 Å². The number of anilines is 1. The first-order chi connectivity index (χ1) is 12.0. The van der Waals surface area contributed by atoms with Crippen LogP contribution in [0.3, 0.4) is 0 Å². The maximum Gasteiger partial charge on any atom is 0.279 e. The first-order valence-electron chi connectivity index (χ1n) is 7.85. The topological polar surface area (TPSA) is 62.6 Å². The number of nitrogens with one attached hydrogen (secondary N) is 3. The predicted molar refractivity (Wildman–Crippen MR) is 92.4 cm³/mol. The molecule has 134 valence electrons. The van der Waals surface area contributed by atoms with Crippen molar-refractivity contribution in [3.05, 3.63) is 52.2 Å². The molecule has 0 bridgehead atoms. The summed E-state index contributed by atoms with van der Waals surface area (Å²) in [5.74, 6) is -2.51. The van der Waals surface area contributed by atoms with E-state index in [9.17, 15) is 18.4 Å². The fourth-order valence-electron chi connectivity index (χ4n) is 2.21. The molecule has 2 aromatic rings. The molecule has 8 heteroatoms. The number of amides is 2. The smallest absolute Gasteiger partial charge is 0.279 e. The summed E-state index contributed by atoms with van der Waals surface area (Å²) >= 11 is 1.56. The van der Waals surface area contributed by atoms with E-state index in [-0.39, 0.29) is 30.6 Å². The Labute approximate surface area is 148 Å². The van der Waals surface area contributed by atoms with Gasteiger partial charge in [-0.15, -0.1) is 11.3 Å². The van der Waals surface area contributed by atoms with Crippen LogP contribution >= 0.6 is 11.3 Å². The van der Waals surface area contributed by atoms with E-state index in [4.69, 9.17) is 0 Å². The molecule has 1 aromatic heterocycles. The van der Waals surface area contributed by atoms with Crippen LogP contribution in [0.5, 0.6) is 0 Å². The Kier molecular flexibility index (Phi) is 7.03. The van der Waals surface area contributed by atoms with Gasteiger partial charge < -0.3 is 15.5 Å². The average Bonchev–Trinajstić information content (AvgIpc) is 3.09. The lowest BCUT2D eigenvalue weighted by Gasteiger charge is -2.17. The molecule has 1 aromatic carbocycles. The van der Waals surface area contributed by atoms with Crippen molar-refractivity contribution in [3.63, 3.8) is 0 Å². The highest BCUT2D eigenvalue weighted by Gasteiger charge is 2.17. The van der Waals surface area contributed by atoms with Crippen molar-refractivity contribution in [3.8, 4) is 0 Å². The lowest BCUT2D eigenvalue weighted by atomic mass is 10.3. The molecule has 0 aliphatic rings. The van der Waals surface area contributed by atoms with Crippen LogP contribution in [0.2, 0.25) is 0 Å². The molecule has 3 N–H and O–H groups in total. The lowest BCUT2D eigenvalue weighted by Crippen LogP contribution is -3.13. The Balaban J connectivity index is 1.80. The van der Waals surface area contributed by atoms with E-state index >= 15 is 0 Å². The number of hydrogen-bond acceptors (Lipinski definition) is 3. The van der Waals surface area contributed by atoms with Crippen LogP contribution in [0.25, 0.3) is 0 Å². The van der Waals surface area contributed by atoms with Gasteiger partial charge in [0.05, 0.1) is 13.1 Å². The Bertz CT molecular complexity index is 723. The molecule has 0 fully saturated rings. The lowest BCUT2D eigenvalue weighted by molar-refractivity contribution is -0.881. The van der Waals surface area contributed by atoms with Gasteiger partial charge in [0.1, 0.15) is 0 Å². The van der Waals surface area contributed by atoms with Crippen LogP contribution in [0.15, 0.2) is 35.7 Å². The monoisotopic (exact) mass is 368 g/mol. The van der Waals surface area contributed by atoms with Crippen LogP contribution in [-0.2, 0) is 16.1 Å². The fraction of sp³-hybridized carbons (Fsp3) is 0.294. The quantitative estimate of drug-likeness (QED) is 0.655. The average molecular weight is 368 g/mol. The number of benzene rings is 1. The van der Waals surface area contributed by atoms with Crippen LogP contribution in [0, 0.1) is 11.6 Å². The summed E-state index contributed by atoms with van der Waals surface area (Å²) < 4.78 is 26.0. The summed E-state index contributed by atoms with van der Waals surface area (Å²) in [7, 11) is 0. The van der Waals surface area contributed by atoms with E-state index in [0.29, 0.717) is 13.1 Å². The van der Waals surface area contributed by atoms with Gasteiger partial charge in [-0.05, 0) is 30.5 Å². The zero-order chi connectivity index (χ0) is 18.2. The summed E-state index contributed by atoms with van der Waals surface area (Å²) in [4.78, 5) is 25.8. The van der Waals surface area contributed by atoms with Gasteiger partial charge in [0.2, 0.25) is 0 Å². The molecule has 25 heavy (non-hydrogen) atoms. The second kappa shape index (κ2) is 9.24. The molecule has 1 heterocycles. The van der Waals surface area contributed by atoms with E-state index in [1.807, 2.05) is 24.4 Å². The molecule has 0 aliphatic heterocycles. The van der Waals surface area contributed by atoms with E-state index in [0.717, 1.165) is 21.9 Å². The van der Waals surface area contributed by atoms with E-state index in [1.165, 1.54) is 6.07 Å². The van der Waals surface area contributed by atoms with Crippen LogP contribution in [0.1, 0.15) is 11.8 Å². The number of hydrogen-bond donors (Lipinski definition) is 3. The van der Waals surface area contributed by atoms with Gasteiger partial charge in [-0.2, -0.15) is 0 Å². The standard InChI is InChI=1S/C17H19F2N3O2S/c1-2-22(10-16(23)20-9-13-4-3-7-25-13)11-17(24)21-12-5-6-14(18)15(19)8-12/h3-8H,2,9-11H2,1H3,(H,20,23)(H,21,24)/p+1. The maximum absolute atomic E-state index is 13.1. The van der Waals surface area contributed by atoms with Crippen molar-refractivity contribution in [2.75, 3.05) is 25.0 Å². The molecule has 1 atom stereocenters. The minimum atomic E-state index is -1.02. The zero-order valence-corrected chi connectivity index (χ0v) is 14.6. The molecule has 0 saturated carbocycles. The maximum atomic E-state index is 13.1. The van der Waals surface area contributed by atoms with Gasteiger partial charge in [0.15, 0.2) is 24.7 Å². The first-order valence-corrected chi connectivity index (χ1v) is 8.73. The third-order valence-corrected chi connectivity index (χ3v) is 4.44. The second-order valence-electron chi connectivity index (χ2n) is 5.49. The molecule has 0 saturated heterocycles. The van der Waals surface area contributed by atoms with Gasteiger partial charge in [-0.1, -0.05) is 6.07 Å². The number of likely N-dealkylation sites (N-methyl/N-ethyl adjacent to an activating group) is 1. The van der Waals surface area contributed by atoms with E-state index in [2.05, 4.69) is 10.6 Å². The number of carbonyl (C=O) groups is 2. The van der Waals surface area contributed by atoms with Crippen LogP contribution in [0.4, 0.5) is 14.5 Å². The third-order valence-electron chi connectivity index (χ3n) is 3.56. The Morgan fingerprint density at radius 1 is 1.12 bits per heavy atom. The SMILES string of the molecule is CC[NH+](CC(=O)NCc1cccs1)CC(=O)Nc1ccc(F)c(F)c1. The summed E-state index contributed by atoms with van der Waals surface area (Å²) in [6.07, 6.45) is 0. The normalized spacial score (nSPS) is 11.8. The largest absolute Gasteiger partial charge is 0.346 e. The second-order valence-corrected chi connectivity index (χ2v) is 6.52. The van der Waals surface area contributed by atoms with E-state index < -0.39 is 11.6 Å². The highest BCUT2D eigenvalue weighted by molar-refractivity contribution is 7.09. The van der Waals surface area contributed by atoms with Gasteiger partial charge >= 0.3 is 0 Å². The summed E-state index contributed by atoms with van der Waals surface area (Å²) in [5.41, 5.74) is 0.182. The van der Waals surface area contributed by atoms with Gasteiger partial charge in [0, 0.05) is 16.6 Å². The van der Waals surface area contributed by atoms with Gasteiger partial charge in [-0.3, -0.25) is 9.59 Å². The molecular formula is C17H20F2N3O2S+. The summed E-state index contributed by atoms with van der Waals surface area (Å²) in [5, 5.41) is 7.26. The van der Waals surface area contributed by atoms with Crippen molar-refractivity contribution >= 4 is 28.8 Å². The van der Waals surface area contributed by atoms with Gasteiger partial charge in [0.25, 0.3) is 11.8 Å². The Morgan fingerprint density at radius 2 is 1.88 bits per heavy atom. The molecule has 2 amide bonds. The first kappa shape index (κ1) is 19.0. The predicted octanol–water partition coefficient (Wildman–Crippen LogP) is 1.19. The number of quaternary nitrogens is 1. The molecule has 0 spiro atoms. The number of carbonyl (C=O) groups excluding carboxylic acids is 2. The molecule has 2 rings (SSSR count). The highest BCUT2D eigenvalue weighted by Crippen LogP contribution is 2.12. The highest BCUT2D eigenvalue weighted by atomic mass is 32.1. The molecule has 0 aliphatic carbocycles. The summed E-state index contributed by atoms with van der Waals surface area (Å²) in [6, 6.07) is 7.01. The van der Waals surface area contributed by atoms with Crippen molar-refractivity contribution in [2.24, 2.45) is 0 Å². The molecule has 5 nitrogen and oxygen atoms in total. The number of halogens is 2. The number of rotatable bonds is 8. The van der Waals surface area contributed by atoms with Crippen molar-refractivity contribution in [1.29, 1.82) is 0 Å². The van der Waals surface area contributed by atoms with Crippen molar-refractivity contribution in [2.45, 2.75) is 13.5 Å². The van der Waals surface area contributed by atoms with Crippen molar-refractivity contribution < 1.29 is 23.3 Å². The fourth-order valence-corrected chi connectivity index (χ4v) is 2.85. The molecular weight excluding hydrogens is 348 g/mol. The minimum absolute atomic E-state index is 0.0575.